The maximum Gasteiger partial charge on any atom is 0.463 e. The molecule has 2 saturated heterocycles. The summed E-state index contributed by atoms with van der Waals surface area (Å²) in [6, 6.07) is 6.11. The van der Waals surface area contributed by atoms with Gasteiger partial charge in [-0.25, -0.2) is 0 Å². The van der Waals surface area contributed by atoms with E-state index in [1.54, 1.807) is 0 Å². The molecule has 29 heavy (non-hydrogen) atoms. The smallest absolute Gasteiger partial charge is 0.403 e. The minimum Gasteiger partial charge on any atom is -0.403 e. The van der Waals surface area contributed by atoms with Crippen LogP contribution in [0.2, 0.25) is 18.1 Å². The fraction of sp³-hybridized carbons (Fsp3) is 0.714. The van der Waals surface area contributed by atoms with Crippen molar-refractivity contribution in [2.45, 2.75) is 96.6 Å². The van der Waals surface area contributed by atoms with E-state index < -0.39 is 45.4 Å². The van der Waals surface area contributed by atoms with Gasteiger partial charge in [0.05, 0.1) is 36.9 Å². The number of hydrogen-bond acceptors (Lipinski definition) is 4. The molecule has 2 heterocycles. The molecule has 1 radical (unpaired) electrons. The molecule has 8 heteroatoms. The van der Waals surface area contributed by atoms with Crippen LogP contribution in [0.4, 0.5) is 0 Å². The first-order valence-corrected chi connectivity index (χ1v) is 13.3. The molecule has 0 amide bonds. The molecule has 2 aliphatic heterocycles. The van der Waals surface area contributed by atoms with Crippen molar-refractivity contribution in [3.63, 3.8) is 0 Å². The largest absolute Gasteiger partial charge is 0.463 e. The summed E-state index contributed by atoms with van der Waals surface area (Å²) in [6.45, 7) is 21.1. The third kappa shape index (κ3) is 4.11. The molecular formula is C21H34B2ClO4Si. The zero-order valence-electron chi connectivity index (χ0n) is 19.5. The highest BCUT2D eigenvalue weighted by Crippen LogP contribution is 2.46. The van der Waals surface area contributed by atoms with E-state index in [9.17, 15) is 0 Å². The van der Waals surface area contributed by atoms with E-state index in [-0.39, 0.29) is 5.72 Å². The first-order valence-electron chi connectivity index (χ1n) is 10.4. The zero-order valence-corrected chi connectivity index (χ0v) is 21.2. The molecule has 0 saturated carbocycles. The Kier molecular flexibility index (Phi) is 5.95. The van der Waals surface area contributed by atoms with E-state index in [0.29, 0.717) is 0 Å². The van der Waals surface area contributed by atoms with Gasteiger partial charge in [0.2, 0.25) is 0 Å². The van der Waals surface area contributed by atoms with Gasteiger partial charge in [-0.2, -0.15) is 0 Å². The summed E-state index contributed by atoms with van der Waals surface area (Å²) in [6.07, 6.45) is 0. The Bertz CT molecular complexity index is 714. The van der Waals surface area contributed by atoms with Crippen molar-refractivity contribution >= 4 is 39.8 Å². The number of hydrogen-bond donors (Lipinski definition) is 0. The number of rotatable bonds is 4. The van der Waals surface area contributed by atoms with Gasteiger partial charge < -0.3 is 18.6 Å². The molecule has 4 nitrogen and oxygen atoms in total. The molecule has 0 atom stereocenters. The molecule has 3 rings (SSSR count). The maximum atomic E-state index is 6.49. The van der Waals surface area contributed by atoms with Crippen LogP contribution < -0.4 is 5.19 Å². The van der Waals surface area contributed by atoms with Gasteiger partial charge in [-0.05, 0) is 73.1 Å². The lowest BCUT2D eigenvalue weighted by atomic mass is 9.49. The van der Waals surface area contributed by atoms with Crippen molar-refractivity contribution in [2.75, 3.05) is 0 Å². The molecule has 1 aromatic rings. The van der Waals surface area contributed by atoms with Crippen molar-refractivity contribution in [1.29, 1.82) is 0 Å². The molecule has 159 valence electrons. The standard InChI is InChI=1S/C21H34B2ClO4Si/c1-18(2)19(3,4)26-22(25-18)17(23-27-20(5,6)21(7,8)28-23)15-12-11-14(24)13-16(15)29(9)10/h11-13,17H,1-10H3. The van der Waals surface area contributed by atoms with Gasteiger partial charge in [0, 0.05) is 5.02 Å². The minimum atomic E-state index is -0.787. The third-order valence-corrected chi connectivity index (χ3v) is 8.79. The molecule has 0 N–H and O–H groups in total. The van der Waals surface area contributed by atoms with Gasteiger partial charge >= 0.3 is 14.2 Å². The van der Waals surface area contributed by atoms with Crippen LogP contribution in [0.3, 0.4) is 0 Å². The predicted molar refractivity (Wildman–Crippen MR) is 123 cm³/mol. The van der Waals surface area contributed by atoms with E-state index in [0.717, 1.165) is 10.6 Å². The van der Waals surface area contributed by atoms with Crippen LogP contribution >= 0.6 is 11.6 Å². The maximum absolute atomic E-state index is 6.49. The molecule has 0 unspecified atom stereocenters. The Balaban J connectivity index is 2.10. The molecule has 0 bridgehead atoms. The highest BCUT2D eigenvalue weighted by molar-refractivity contribution is 6.74. The second-order valence-electron chi connectivity index (χ2n) is 10.5. The topological polar surface area (TPSA) is 36.9 Å². The Morgan fingerprint density at radius 3 is 1.48 bits per heavy atom. The lowest BCUT2D eigenvalue weighted by Crippen LogP contribution is -2.45. The number of benzene rings is 1. The van der Waals surface area contributed by atoms with Crippen molar-refractivity contribution in [3.05, 3.63) is 28.8 Å². The fourth-order valence-electron chi connectivity index (χ4n) is 3.74. The Hall–Kier alpha value is -0.303. The van der Waals surface area contributed by atoms with Crippen molar-refractivity contribution in [2.24, 2.45) is 0 Å². The molecule has 0 aliphatic carbocycles. The summed E-state index contributed by atoms with van der Waals surface area (Å²) in [5, 5.41) is 2.01. The molecule has 2 aliphatic rings. The Labute approximate surface area is 183 Å². The van der Waals surface area contributed by atoms with E-state index in [1.165, 1.54) is 5.19 Å². The predicted octanol–water partition coefficient (Wildman–Crippen LogP) is 4.65. The Morgan fingerprint density at radius 2 is 1.14 bits per heavy atom. The van der Waals surface area contributed by atoms with Crippen LogP contribution in [0.25, 0.3) is 0 Å². The SMILES string of the molecule is C[Si](C)c1cc(Cl)ccc1C(B1OC(C)(C)C(C)(C)O1)B1OC(C)(C)C(C)(C)O1. The highest BCUT2D eigenvalue weighted by atomic mass is 35.5. The van der Waals surface area contributed by atoms with Crippen molar-refractivity contribution in [3.8, 4) is 0 Å². The normalized spacial score (nSPS) is 24.7. The van der Waals surface area contributed by atoms with Crippen molar-refractivity contribution < 1.29 is 18.6 Å². The first-order chi connectivity index (χ1) is 13.1. The van der Waals surface area contributed by atoms with Crippen LogP contribution in [0.1, 0.15) is 66.7 Å². The fourth-order valence-corrected chi connectivity index (χ4v) is 5.28. The van der Waals surface area contributed by atoms with Crippen molar-refractivity contribution in [1.82, 2.24) is 0 Å². The second kappa shape index (κ2) is 7.39. The van der Waals surface area contributed by atoms with Crippen LogP contribution in [0.5, 0.6) is 0 Å². The first kappa shape index (κ1) is 23.4. The summed E-state index contributed by atoms with van der Waals surface area (Å²) in [5.41, 5.74) is -0.803. The molecular weight excluding hydrogens is 401 g/mol. The average Bonchev–Trinajstić information content (AvgIpc) is 2.88. The van der Waals surface area contributed by atoms with E-state index in [2.05, 4.69) is 80.6 Å². The van der Waals surface area contributed by atoms with Crippen LogP contribution in [0.15, 0.2) is 18.2 Å². The van der Waals surface area contributed by atoms with Gasteiger partial charge in [-0.1, -0.05) is 35.9 Å². The lowest BCUT2D eigenvalue weighted by molar-refractivity contribution is 0.00578. The summed E-state index contributed by atoms with van der Waals surface area (Å²) >= 11 is 6.36. The minimum absolute atomic E-state index is 0.218. The van der Waals surface area contributed by atoms with Gasteiger partial charge in [0.15, 0.2) is 0 Å². The summed E-state index contributed by atoms with van der Waals surface area (Å²) in [5.74, 6) is 0. The monoisotopic (exact) mass is 435 g/mol. The van der Waals surface area contributed by atoms with Gasteiger partial charge in [-0.3, -0.25) is 0 Å². The van der Waals surface area contributed by atoms with Crippen LogP contribution in [-0.4, -0.2) is 45.4 Å². The van der Waals surface area contributed by atoms with E-state index in [1.807, 2.05) is 6.07 Å². The third-order valence-electron chi connectivity index (χ3n) is 7.04. The van der Waals surface area contributed by atoms with E-state index >= 15 is 0 Å². The average molecular weight is 436 g/mol. The van der Waals surface area contributed by atoms with Crippen LogP contribution in [0, 0.1) is 0 Å². The molecule has 0 aromatic heterocycles. The van der Waals surface area contributed by atoms with E-state index in [4.69, 9.17) is 30.2 Å². The zero-order chi connectivity index (χ0) is 22.0. The Morgan fingerprint density at radius 1 is 0.759 bits per heavy atom. The lowest BCUT2D eigenvalue weighted by Gasteiger charge is -2.32. The van der Waals surface area contributed by atoms with Crippen LogP contribution in [-0.2, 0) is 18.6 Å². The van der Waals surface area contributed by atoms with Gasteiger partial charge in [-0.15, -0.1) is 0 Å². The highest BCUT2D eigenvalue weighted by Gasteiger charge is 2.62. The summed E-state index contributed by atoms with van der Waals surface area (Å²) in [7, 11) is -1.74. The summed E-state index contributed by atoms with van der Waals surface area (Å²) in [4.78, 5) is 0. The quantitative estimate of drug-likeness (QED) is 0.645. The van der Waals surface area contributed by atoms with Gasteiger partial charge in [0.25, 0.3) is 0 Å². The van der Waals surface area contributed by atoms with Gasteiger partial charge in [0.1, 0.15) is 0 Å². The second-order valence-corrected chi connectivity index (χ2v) is 13.5. The number of halogens is 1. The molecule has 2 fully saturated rings. The summed E-state index contributed by atoms with van der Waals surface area (Å²) < 4.78 is 26.0. The molecule has 0 spiro atoms. The molecule has 1 aromatic carbocycles.